The second kappa shape index (κ2) is 6.68. The molecule has 4 heteroatoms. The van der Waals surface area contributed by atoms with Gasteiger partial charge in [0.15, 0.2) is 0 Å². The van der Waals surface area contributed by atoms with Crippen LogP contribution < -0.4 is 10.2 Å². The minimum absolute atomic E-state index is 0.0330. The number of hydrogen-bond donors (Lipinski definition) is 1. The fourth-order valence-corrected chi connectivity index (χ4v) is 2.43. The number of nitrogens with zero attached hydrogens (tertiary/aromatic N) is 1. The fraction of sp³-hybridized carbons (Fsp3) is 0.294. The zero-order valence-electron chi connectivity index (χ0n) is 12.5. The molecule has 0 radical (unpaired) electrons. The molecular formula is C17H20F2N2. The zero-order valence-corrected chi connectivity index (χ0v) is 12.5. The second-order valence-electron chi connectivity index (χ2n) is 5.17. The van der Waals surface area contributed by atoms with Crippen molar-refractivity contribution in [3.8, 4) is 0 Å². The minimum atomic E-state index is -0.279. The molecule has 0 fully saturated rings. The average molecular weight is 290 g/mol. The number of hydrogen-bond acceptors (Lipinski definition) is 2. The highest BCUT2D eigenvalue weighted by molar-refractivity contribution is 5.56. The van der Waals surface area contributed by atoms with Gasteiger partial charge in [0.25, 0.3) is 0 Å². The van der Waals surface area contributed by atoms with E-state index < -0.39 is 0 Å². The molecule has 112 valence electrons. The third kappa shape index (κ3) is 3.58. The van der Waals surface area contributed by atoms with Crippen molar-refractivity contribution in [3.63, 3.8) is 0 Å². The van der Waals surface area contributed by atoms with Crippen molar-refractivity contribution in [2.24, 2.45) is 0 Å². The number of nitrogens with one attached hydrogen (secondary N) is 1. The number of anilines is 1. The van der Waals surface area contributed by atoms with E-state index in [0.717, 1.165) is 11.1 Å². The first-order valence-corrected chi connectivity index (χ1v) is 6.94. The van der Waals surface area contributed by atoms with Crippen LogP contribution in [0.3, 0.4) is 0 Å². The molecule has 0 amide bonds. The first-order valence-electron chi connectivity index (χ1n) is 6.94. The van der Waals surface area contributed by atoms with Gasteiger partial charge in [-0.3, -0.25) is 0 Å². The fourth-order valence-electron chi connectivity index (χ4n) is 2.43. The zero-order chi connectivity index (χ0) is 15.4. The molecule has 0 saturated carbocycles. The Bertz CT molecular complexity index is 613. The summed E-state index contributed by atoms with van der Waals surface area (Å²) in [7, 11) is 3.65. The van der Waals surface area contributed by atoms with Gasteiger partial charge in [0.05, 0.1) is 5.69 Å². The lowest BCUT2D eigenvalue weighted by Gasteiger charge is -2.25. The summed E-state index contributed by atoms with van der Waals surface area (Å²) < 4.78 is 27.5. The average Bonchev–Trinajstić information content (AvgIpc) is 2.46. The lowest BCUT2D eigenvalue weighted by Crippen LogP contribution is -2.22. The lowest BCUT2D eigenvalue weighted by molar-refractivity contribution is 0.601. The van der Waals surface area contributed by atoms with Gasteiger partial charge < -0.3 is 10.2 Å². The summed E-state index contributed by atoms with van der Waals surface area (Å²) in [5.74, 6) is -0.549. The third-order valence-corrected chi connectivity index (χ3v) is 3.61. The van der Waals surface area contributed by atoms with Crippen molar-refractivity contribution in [1.82, 2.24) is 5.32 Å². The summed E-state index contributed by atoms with van der Waals surface area (Å²) in [5.41, 5.74) is 2.24. The standard InChI is InChI=1S/C17H20F2N2/c1-12(20-2)15-8-5-9-16(19)17(15)21(3)11-13-6-4-7-14(18)10-13/h4-10,12,20H,11H2,1-3H3. The van der Waals surface area contributed by atoms with Crippen molar-refractivity contribution < 1.29 is 8.78 Å². The van der Waals surface area contributed by atoms with E-state index in [1.807, 2.05) is 38.1 Å². The van der Waals surface area contributed by atoms with Gasteiger partial charge in [-0.25, -0.2) is 8.78 Å². The van der Waals surface area contributed by atoms with Gasteiger partial charge in [-0.05, 0) is 43.3 Å². The maximum absolute atomic E-state index is 14.2. The van der Waals surface area contributed by atoms with Gasteiger partial charge >= 0.3 is 0 Å². The molecule has 2 aromatic rings. The molecule has 0 aliphatic rings. The van der Waals surface area contributed by atoms with Crippen LogP contribution in [0.2, 0.25) is 0 Å². The van der Waals surface area contributed by atoms with Crippen LogP contribution in [0.1, 0.15) is 24.1 Å². The van der Waals surface area contributed by atoms with Crippen LogP contribution in [0, 0.1) is 11.6 Å². The molecule has 1 atom stereocenters. The number of rotatable bonds is 5. The molecule has 1 unspecified atom stereocenters. The van der Waals surface area contributed by atoms with Crippen LogP contribution in [-0.4, -0.2) is 14.1 Å². The highest BCUT2D eigenvalue weighted by atomic mass is 19.1. The van der Waals surface area contributed by atoms with E-state index in [0.29, 0.717) is 12.2 Å². The number of para-hydroxylation sites is 1. The molecule has 0 aliphatic carbocycles. The molecule has 0 spiro atoms. The van der Waals surface area contributed by atoms with Crippen LogP contribution in [0.15, 0.2) is 42.5 Å². The molecule has 0 aliphatic heterocycles. The van der Waals surface area contributed by atoms with Gasteiger partial charge in [-0.15, -0.1) is 0 Å². The van der Waals surface area contributed by atoms with Gasteiger partial charge in [-0.1, -0.05) is 24.3 Å². The van der Waals surface area contributed by atoms with Gasteiger partial charge in [0, 0.05) is 19.6 Å². The van der Waals surface area contributed by atoms with Crippen molar-refractivity contribution in [2.45, 2.75) is 19.5 Å². The topological polar surface area (TPSA) is 15.3 Å². The Balaban J connectivity index is 2.32. The maximum atomic E-state index is 14.2. The highest BCUT2D eigenvalue weighted by Crippen LogP contribution is 2.29. The van der Waals surface area contributed by atoms with E-state index in [1.165, 1.54) is 18.2 Å². The van der Waals surface area contributed by atoms with E-state index >= 15 is 0 Å². The Hall–Kier alpha value is -1.94. The second-order valence-corrected chi connectivity index (χ2v) is 5.17. The lowest BCUT2D eigenvalue weighted by atomic mass is 10.0. The Morgan fingerprint density at radius 1 is 1.14 bits per heavy atom. The predicted octanol–water partition coefficient (Wildman–Crippen LogP) is 3.88. The monoisotopic (exact) mass is 290 g/mol. The smallest absolute Gasteiger partial charge is 0.146 e. The van der Waals surface area contributed by atoms with Crippen LogP contribution in [0.4, 0.5) is 14.5 Å². The van der Waals surface area contributed by atoms with Crippen LogP contribution >= 0.6 is 0 Å². The van der Waals surface area contributed by atoms with Crippen LogP contribution in [0.5, 0.6) is 0 Å². The molecular weight excluding hydrogens is 270 g/mol. The van der Waals surface area contributed by atoms with Crippen molar-refractivity contribution >= 4 is 5.69 Å². The molecule has 0 saturated heterocycles. The normalized spacial score (nSPS) is 12.2. The Labute approximate surface area is 124 Å². The van der Waals surface area contributed by atoms with Gasteiger partial charge in [0.2, 0.25) is 0 Å². The first-order chi connectivity index (χ1) is 10.0. The molecule has 1 N–H and O–H groups in total. The first kappa shape index (κ1) is 15.4. The Morgan fingerprint density at radius 3 is 2.52 bits per heavy atom. The van der Waals surface area contributed by atoms with E-state index in [2.05, 4.69) is 5.32 Å². The van der Waals surface area contributed by atoms with Gasteiger partial charge in [-0.2, -0.15) is 0 Å². The Morgan fingerprint density at radius 2 is 1.86 bits per heavy atom. The third-order valence-electron chi connectivity index (χ3n) is 3.61. The van der Waals surface area contributed by atoms with E-state index in [9.17, 15) is 8.78 Å². The molecule has 0 bridgehead atoms. The summed E-state index contributed by atoms with van der Waals surface area (Å²) >= 11 is 0. The summed E-state index contributed by atoms with van der Waals surface area (Å²) in [6.45, 7) is 2.43. The SMILES string of the molecule is CNC(C)c1cccc(F)c1N(C)Cc1cccc(F)c1. The van der Waals surface area contributed by atoms with E-state index in [-0.39, 0.29) is 17.7 Å². The number of benzene rings is 2. The van der Waals surface area contributed by atoms with Crippen LogP contribution in [0.25, 0.3) is 0 Å². The van der Waals surface area contributed by atoms with E-state index in [4.69, 9.17) is 0 Å². The quantitative estimate of drug-likeness (QED) is 0.899. The molecule has 2 aromatic carbocycles. The number of halogens is 2. The van der Waals surface area contributed by atoms with Gasteiger partial charge in [0.1, 0.15) is 11.6 Å². The predicted molar refractivity (Wildman–Crippen MR) is 82.4 cm³/mol. The molecule has 0 aromatic heterocycles. The largest absolute Gasteiger partial charge is 0.368 e. The van der Waals surface area contributed by atoms with Crippen molar-refractivity contribution in [2.75, 3.05) is 19.0 Å². The molecule has 21 heavy (non-hydrogen) atoms. The van der Waals surface area contributed by atoms with Crippen LogP contribution in [-0.2, 0) is 6.54 Å². The molecule has 2 nitrogen and oxygen atoms in total. The highest BCUT2D eigenvalue weighted by Gasteiger charge is 2.16. The molecule has 2 rings (SSSR count). The summed E-state index contributed by atoms with van der Waals surface area (Å²) in [4.78, 5) is 1.81. The summed E-state index contributed by atoms with van der Waals surface area (Å²) in [6.07, 6.45) is 0. The van der Waals surface area contributed by atoms with Crippen molar-refractivity contribution in [3.05, 3.63) is 65.2 Å². The summed E-state index contributed by atoms with van der Waals surface area (Å²) in [6, 6.07) is 11.5. The Kier molecular flexibility index (Phi) is 4.91. The van der Waals surface area contributed by atoms with E-state index in [1.54, 1.807) is 12.1 Å². The minimum Gasteiger partial charge on any atom is -0.368 e. The summed E-state index contributed by atoms with van der Waals surface area (Å²) in [5, 5.41) is 3.12. The maximum Gasteiger partial charge on any atom is 0.146 e. The van der Waals surface area contributed by atoms with Crippen molar-refractivity contribution in [1.29, 1.82) is 0 Å². The molecule has 0 heterocycles.